The van der Waals surface area contributed by atoms with E-state index in [1.165, 1.54) is 6.92 Å². The minimum absolute atomic E-state index is 0.0445. The molecule has 36 heavy (non-hydrogen) atoms. The van der Waals surface area contributed by atoms with Crippen molar-refractivity contribution >= 4 is 57.5 Å². The molecule has 0 radical (unpaired) electrons. The maximum absolute atomic E-state index is 12.7. The monoisotopic (exact) mass is 531 g/mol. The normalized spacial score (nSPS) is 10.6. The van der Waals surface area contributed by atoms with Gasteiger partial charge in [-0.2, -0.15) is 0 Å². The zero-order valence-electron chi connectivity index (χ0n) is 20.1. The summed E-state index contributed by atoms with van der Waals surface area (Å²) < 4.78 is 10.2. The summed E-state index contributed by atoms with van der Waals surface area (Å²) >= 11 is 2.05. The van der Waals surface area contributed by atoms with E-state index in [2.05, 4.69) is 25.8 Å². The van der Waals surface area contributed by atoms with Crippen LogP contribution in [0.5, 0.6) is 0 Å². The Kier molecular flexibility index (Phi) is 9.19. The Balaban J connectivity index is 1.70. The highest BCUT2D eigenvalue weighted by Crippen LogP contribution is 2.34. The van der Waals surface area contributed by atoms with Crippen LogP contribution in [0.1, 0.15) is 46.4 Å². The first-order valence-corrected chi connectivity index (χ1v) is 12.7. The maximum atomic E-state index is 12.7. The van der Waals surface area contributed by atoms with E-state index in [9.17, 15) is 19.2 Å². The molecule has 0 unspecified atom stereocenters. The summed E-state index contributed by atoms with van der Waals surface area (Å²) in [6.45, 7) is 6.71. The largest absolute Gasteiger partial charge is 0.462 e. The number of amides is 2. The van der Waals surface area contributed by atoms with Gasteiger partial charge in [0.1, 0.15) is 9.88 Å². The highest BCUT2D eigenvalue weighted by atomic mass is 32.2. The Morgan fingerprint density at radius 2 is 1.81 bits per heavy atom. The molecule has 0 atom stereocenters. The Bertz CT molecular complexity index is 1290. The molecule has 1 aromatic carbocycles. The van der Waals surface area contributed by atoms with Crippen LogP contribution in [0.15, 0.2) is 29.4 Å². The average Bonchev–Trinajstić information content (AvgIpc) is 3.42. The Hall–Kier alpha value is -3.71. The average molecular weight is 532 g/mol. The second kappa shape index (κ2) is 12.3. The smallest absolute Gasteiger partial charge is 0.348 e. The number of H-pyrrole nitrogens is 1. The first kappa shape index (κ1) is 26.9. The van der Waals surface area contributed by atoms with Gasteiger partial charge in [-0.15, -0.1) is 16.4 Å². The standard InChI is InChI=1S/C23H25N5O6S2/c1-5-33-21(31)17-12(3)18(22(32)34-6-2)36-20(17)25-16(30)11-35-23-26-19(27-28-23)14-8-7-9-15(10-14)24-13(4)29/h7-10H,5-6,11H2,1-4H3,(H,24,29)(H,25,30)(H,26,27,28). The molecule has 190 valence electrons. The quantitative estimate of drug-likeness (QED) is 0.261. The van der Waals surface area contributed by atoms with Gasteiger partial charge in [0.05, 0.1) is 24.5 Å². The maximum Gasteiger partial charge on any atom is 0.348 e. The number of nitrogens with zero attached hydrogens (tertiary/aromatic N) is 2. The summed E-state index contributed by atoms with van der Waals surface area (Å²) in [6.07, 6.45) is 0. The molecule has 0 aliphatic heterocycles. The topological polar surface area (TPSA) is 152 Å². The van der Waals surface area contributed by atoms with Crippen LogP contribution in [0.25, 0.3) is 11.4 Å². The number of rotatable bonds is 10. The Morgan fingerprint density at radius 1 is 1.08 bits per heavy atom. The van der Waals surface area contributed by atoms with E-state index in [-0.39, 0.29) is 40.3 Å². The van der Waals surface area contributed by atoms with Crippen molar-refractivity contribution in [2.24, 2.45) is 0 Å². The van der Waals surface area contributed by atoms with Crippen molar-refractivity contribution in [2.45, 2.75) is 32.9 Å². The van der Waals surface area contributed by atoms with Crippen LogP contribution >= 0.6 is 23.1 Å². The van der Waals surface area contributed by atoms with Gasteiger partial charge < -0.3 is 20.1 Å². The lowest BCUT2D eigenvalue weighted by molar-refractivity contribution is -0.114. The summed E-state index contributed by atoms with van der Waals surface area (Å²) in [5.74, 6) is -1.38. The van der Waals surface area contributed by atoms with Crippen LogP contribution < -0.4 is 10.6 Å². The molecule has 2 aromatic heterocycles. The van der Waals surface area contributed by atoms with Gasteiger partial charge in [-0.05, 0) is 38.5 Å². The molecular formula is C23H25N5O6S2. The van der Waals surface area contributed by atoms with Gasteiger partial charge >= 0.3 is 11.9 Å². The number of carbonyl (C=O) groups excluding carboxylic acids is 4. The van der Waals surface area contributed by atoms with Gasteiger partial charge in [-0.25, -0.2) is 14.6 Å². The molecule has 0 aliphatic carbocycles. The van der Waals surface area contributed by atoms with Gasteiger partial charge in [-0.3, -0.25) is 14.7 Å². The summed E-state index contributed by atoms with van der Waals surface area (Å²) in [7, 11) is 0. The molecule has 3 N–H and O–H groups in total. The second-order valence-corrected chi connectivity index (χ2v) is 9.23. The van der Waals surface area contributed by atoms with Crippen LogP contribution in [-0.4, -0.2) is 57.9 Å². The molecule has 0 saturated heterocycles. The van der Waals surface area contributed by atoms with Gasteiger partial charge in [0.2, 0.25) is 17.0 Å². The van der Waals surface area contributed by atoms with E-state index in [0.29, 0.717) is 27.8 Å². The molecule has 0 saturated carbocycles. The lowest BCUT2D eigenvalue weighted by Gasteiger charge is -2.06. The third-order valence-electron chi connectivity index (χ3n) is 4.59. The van der Waals surface area contributed by atoms with Crippen molar-refractivity contribution in [1.29, 1.82) is 0 Å². The second-order valence-electron chi connectivity index (χ2n) is 7.27. The molecule has 0 bridgehead atoms. The van der Waals surface area contributed by atoms with Crippen LogP contribution in [0, 0.1) is 6.92 Å². The van der Waals surface area contributed by atoms with Crippen molar-refractivity contribution in [3.63, 3.8) is 0 Å². The molecule has 0 fully saturated rings. The number of carbonyl (C=O) groups is 4. The number of anilines is 2. The van der Waals surface area contributed by atoms with Crippen LogP contribution in [0.4, 0.5) is 10.7 Å². The minimum Gasteiger partial charge on any atom is -0.462 e. The van der Waals surface area contributed by atoms with Gasteiger partial charge in [0.15, 0.2) is 5.82 Å². The third-order valence-corrected chi connectivity index (χ3v) is 6.63. The molecule has 0 spiro atoms. The number of thioether (sulfide) groups is 1. The molecule has 2 heterocycles. The molecule has 13 heteroatoms. The van der Waals surface area contributed by atoms with E-state index in [1.807, 2.05) is 6.07 Å². The summed E-state index contributed by atoms with van der Waals surface area (Å²) in [5.41, 5.74) is 1.85. The Labute approximate surface area is 215 Å². The molecule has 3 aromatic rings. The number of ether oxygens (including phenoxy) is 2. The number of hydrogen-bond acceptors (Lipinski definition) is 10. The lowest BCUT2D eigenvalue weighted by Crippen LogP contribution is -2.16. The summed E-state index contributed by atoms with van der Waals surface area (Å²) in [4.78, 5) is 53.3. The first-order chi connectivity index (χ1) is 17.2. The molecule has 0 aliphatic rings. The zero-order valence-corrected chi connectivity index (χ0v) is 21.7. The predicted octanol–water partition coefficient (Wildman–Crippen LogP) is 3.88. The van der Waals surface area contributed by atoms with Gasteiger partial charge in [-0.1, -0.05) is 23.9 Å². The summed E-state index contributed by atoms with van der Waals surface area (Å²) in [6, 6.07) is 7.09. The number of hydrogen-bond donors (Lipinski definition) is 3. The fraction of sp³-hybridized carbons (Fsp3) is 0.304. The number of aromatic amines is 1. The number of nitrogens with one attached hydrogen (secondary N) is 3. The van der Waals surface area contributed by atoms with Crippen molar-refractivity contribution in [3.05, 3.63) is 40.3 Å². The molecular weight excluding hydrogens is 506 g/mol. The van der Waals surface area contributed by atoms with Crippen LogP contribution in [0.2, 0.25) is 0 Å². The van der Waals surface area contributed by atoms with Crippen molar-refractivity contribution < 1.29 is 28.7 Å². The van der Waals surface area contributed by atoms with E-state index in [4.69, 9.17) is 9.47 Å². The van der Waals surface area contributed by atoms with Crippen LogP contribution in [-0.2, 0) is 19.1 Å². The zero-order chi connectivity index (χ0) is 26.2. The van der Waals surface area contributed by atoms with Gasteiger partial charge in [0.25, 0.3) is 0 Å². The lowest BCUT2D eigenvalue weighted by atomic mass is 10.1. The van der Waals surface area contributed by atoms with Crippen molar-refractivity contribution in [2.75, 3.05) is 29.6 Å². The summed E-state index contributed by atoms with van der Waals surface area (Å²) in [5, 5.41) is 12.9. The van der Waals surface area contributed by atoms with Gasteiger partial charge in [0, 0.05) is 18.2 Å². The van der Waals surface area contributed by atoms with Crippen molar-refractivity contribution in [1.82, 2.24) is 15.2 Å². The minimum atomic E-state index is -0.634. The molecule has 11 nitrogen and oxygen atoms in total. The highest BCUT2D eigenvalue weighted by molar-refractivity contribution is 7.99. The fourth-order valence-corrected chi connectivity index (χ4v) is 4.83. The predicted molar refractivity (Wildman–Crippen MR) is 136 cm³/mol. The van der Waals surface area contributed by atoms with E-state index < -0.39 is 17.8 Å². The third kappa shape index (κ3) is 6.70. The number of benzene rings is 1. The number of esters is 2. The molecule has 2 amide bonds. The fourth-order valence-electron chi connectivity index (χ4n) is 3.12. The van der Waals surface area contributed by atoms with E-state index >= 15 is 0 Å². The van der Waals surface area contributed by atoms with Crippen molar-refractivity contribution in [3.8, 4) is 11.4 Å². The Morgan fingerprint density at radius 3 is 2.50 bits per heavy atom. The SMILES string of the molecule is CCOC(=O)c1sc(NC(=O)CSc2n[nH]c(-c3cccc(NC(C)=O)c3)n2)c(C(=O)OCC)c1C. The van der Waals surface area contributed by atoms with E-state index in [0.717, 1.165) is 23.1 Å². The van der Waals surface area contributed by atoms with Crippen LogP contribution in [0.3, 0.4) is 0 Å². The number of thiophene rings is 1. The molecule has 3 rings (SSSR count). The highest BCUT2D eigenvalue weighted by Gasteiger charge is 2.27. The number of aromatic nitrogens is 3. The van der Waals surface area contributed by atoms with E-state index in [1.54, 1.807) is 39.0 Å². The first-order valence-electron chi connectivity index (χ1n) is 10.9.